The average molecular weight is 498 g/mol. The smallest absolute Gasteiger partial charge is 0.299 e. The van der Waals surface area contributed by atoms with Gasteiger partial charge in [0.25, 0.3) is 5.56 Å². The summed E-state index contributed by atoms with van der Waals surface area (Å²) in [7, 11) is 0. The van der Waals surface area contributed by atoms with Gasteiger partial charge in [0, 0.05) is 31.1 Å². The molecule has 3 aromatic heterocycles. The Balaban J connectivity index is 1.62. The molecule has 35 heavy (non-hydrogen) atoms. The van der Waals surface area contributed by atoms with Gasteiger partial charge in [0.15, 0.2) is 5.82 Å². The van der Waals surface area contributed by atoms with Crippen molar-refractivity contribution in [2.45, 2.75) is 40.2 Å². The zero-order valence-electron chi connectivity index (χ0n) is 20.4. The average Bonchev–Trinajstić information content (AvgIpc) is 3.45. The van der Waals surface area contributed by atoms with Crippen LogP contribution in [0, 0.1) is 13.8 Å². The lowest BCUT2D eigenvalue weighted by atomic mass is 10.1. The third-order valence-corrected chi connectivity index (χ3v) is 7.51. The standard InChI is InChI=1S/C24H31N7O3S/c1-4-18-20(29-9-7-25-8-10-29)23(33)31-24(27-21(28-31)17-5-11-34-12-6-17)30(18)14-19(32)26-22-15(2)13-16(3)35-22/h5,13,25H,4,6-12,14H2,1-3H3,(H,26,32). The monoisotopic (exact) mass is 497 g/mol. The molecular weight excluding hydrogens is 466 g/mol. The van der Waals surface area contributed by atoms with Crippen molar-refractivity contribution in [3.8, 4) is 0 Å². The van der Waals surface area contributed by atoms with Gasteiger partial charge in [-0.3, -0.25) is 9.59 Å². The highest BCUT2D eigenvalue weighted by atomic mass is 32.1. The molecule has 5 heterocycles. The van der Waals surface area contributed by atoms with Gasteiger partial charge in [-0.2, -0.15) is 9.50 Å². The summed E-state index contributed by atoms with van der Waals surface area (Å²) in [6.45, 7) is 10.2. The molecule has 0 radical (unpaired) electrons. The third-order valence-electron chi connectivity index (χ3n) is 6.44. The van der Waals surface area contributed by atoms with Crippen molar-refractivity contribution in [2.75, 3.05) is 49.6 Å². The molecule has 0 aliphatic carbocycles. The molecular formula is C24H31N7O3S. The zero-order valence-corrected chi connectivity index (χ0v) is 21.2. The number of nitrogens with one attached hydrogen (secondary N) is 2. The highest BCUT2D eigenvalue weighted by molar-refractivity contribution is 7.16. The number of carbonyl (C=O) groups is 1. The fraction of sp³-hybridized carbons (Fsp3) is 0.500. The molecule has 0 saturated carbocycles. The number of piperazine rings is 1. The molecule has 1 fully saturated rings. The number of carbonyl (C=O) groups excluding carboxylic acids is 1. The fourth-order valence-electron chi connectivity index (χ4n) is 4.76. The van der Waals surface area contributed by atoms with Crippen molar-refractivity contribution >= 4 is 39.3 Å². The minimum absolute atomic E-state index is 0.0444. The number of rotatable bonds is 6. The first-order valence-electron chi connectivity index (χ1n) is 12.1. The molecule has 10 nitrogen and oxygen atoms in total. The molecule has 1 amide bonds. The molecule has 2 N–H and O–H groups in total. The molecule has 11 heteroatoms. The molecule has 5 rings (SSSR count). The molecule has 2 aliphatic heterocycles. The van der Waals surface area contributed by atoms with E-state index in [0.717, 1.165) is 52.9 Å². The summed E-state index contributed by atoms with van der Waals surface area (Å²) >= 11 is 1.56. The van der Waals surface area contributed by atoms with E-state index in [2.05, 4.69) is 26.7 Å². The van der Waals surface area contributed by atoms with Gasteiger partial charge in [-0.25, -0.2) is 0 Å². The summed E-state index contributed by atoms with van der Waals surface area (Å²) < 4.78 is 8.66. The van der Waals surface area contributed by atoms with Crippen LogP contribution in [0.5, 0.6) is 0 Å². The van der Waals surface area contributed by atoms with Crippen LogP contribution >= 0.6 is 11.3 Å². The van der Waals surface area contributed by atoms with Gasteiger partial charge >= 0.3 is 0 Å². The van der Waals surface area contributed by atoms with Gasteiger partial charge < -0.3 is 24.8 Å². The highest BCUT2D eigenvalue weighted by Gasteiger charge is 2.26. The Morgan fingerprint density at radius 3 is 2.74 bits per heavy atom. The first-order valence-corrected chi connectivity index (χ1v) is 12.9. The molecule has 0 atom stereocenters. The number of thiophene rings is 1. The van der Waals surface area contributed by atoms with Crippen LogP contribution in [0.25, 0.3) is 11.4 Å². The lowest BCUT2D eigenvalue weighted by Gasteiger charge is -2.31. The maximum absolute atomic E-state index is 13.7. The quantitative estimate of drug-likeness (QED) is 0.537. The predicted octanol–water partition coefficient (Wildman–Crippen LogP) is 1.98. The molecule has 2 aliphatic rings. The van der Waals surface area contributed by atoms with Crippen LogP contribution in [0.2, 0.25) is 0 Å². The Labute approximate surface area is 207 Å². The van der Waals surface area contributed by atoms with Gasteiger partial charge in [0.1, 0.15) is 12.2 Å². The second-order valence-corrected chi connectivity index (χ2v) is 10.2. The molecule has 1 saturated heterocycles. The number of fused-ring (bicyclic) bond motifs is 1. The topological polar surface area (TPSA) is 106 Å². The van der Waals surface area contributed by atoms with Gasteiger partial charge in [-0.1, -0.05) is 13.0 Å². The lowest BCUT2D eigenvalue weighted by molar-refractivity contribution is -0.116. The van der Waals surface area contributed by atoms with E-state index in [-0.39, 0.29) is 18.0 Å². The summed E-state index contributed by atoms with van der Waals surface area (Å²) in [6.07, 6.45) is 3.24. The Morgan fingerprint density at radius 1 is 1.29 bits per heavy atom. The van der Waals surface area contributed by atoms with Crippen LogP contribution in [-0.2, 0) is 22.5 Å². The van der Waals surface area contributed by atoms with E-state index in [1.807, 2.05) is 31.4 Å². The summed E-state index contributed by atoms with van der Waals surface area (Å²) in [6, 6.07) is 2.06. The van der Waals surface area contributed by atoms with E-state index in [0.29, 0.717) is 43.3 Å². The van der Waals surface area contributed by atoms with Crippen molar-refractivity contribution in [1.29, 1.82) is 0 Å². The summed E-state index contributed by atoms with van der Waals surface area (Å²) in [5.74, 6) is 0.752. The number of anilines is 2. The minimum Gasteiger partial charge on any atom is -0.377 e. The van der Waals surface area contributed by atoms with E-state index in [1.165, 1.54) is 4.52 Å². The van der Waals surface area contributed by atoms with Crippen LogP contribution in [0.1, 0.15) is 35.3 Å². The Morgan fingerprint density at radius 2 is 2.09 bits per heavy atom. The summed E-state index contributed by atoms with van der Waals surface area (Å²) in [4.78, 5) is 35.0. The predicted molar refractivity (Wildman–Crippen MR) is 138 cm³/mol. The number of ether oxygens (including phenoxy) is 1. The maximum atomic E-state index is 13.7. The Hall–Kier alpha value is -3.02. The first kappa shape index (κ1) is 23.7. The molecule has 3 aromatic rings. The SMILES string of the molecule is CCc1c(N2CCNCC2)c(=O)n2nc(C3=CCOCC3)nc2n1CC(=O)Nc1sc(C)cc1C. The third kappa shape index (κ3) is 4.63. The van der Waals surface area contributed by atoms with Crippen LogP contribution in [-0.4, -0.2) is 64.5 Å². The van der Waals surface area contributed by atoms with Gasteiger partial charge in [0.2, 0.25) is 11.7 Å². The van der Waals surface area contributed by atoms with Crippen LogP contribution < -0.4 is 21.1 Å². The van der Waals surface area contributed by atoms with Gasteiger partial charge in [-0.15, -0.1) is 16.4 Å². The molecule has 0 unspecified atom stereocenters. The molecule has 0 aromatic carbocycles. The lowest BCUT2D eigenvalue weighted by Crippen LogP contribution is -2.47. The molecule has 0 bridgehead atoms. The minimum atomic E-state index is -0.188. The number of aryl methyl sites for hydroxylation is 2. The van der Waals surface area contributed by atoms with Crippen molar-refractivity contribution in [2.24, 2.45) is 0 Å². The number of aromatic nitrogens is 4. The van der Waals surface area contributed by atoms with Crippen molar-refractivity contribution < 1.29 is 9.53 Å². The fourth-order valence-corrected chi connectivity index (χ4v) is 5.70. The second kappa shape index (κ2) is 9.92. The van der Waals surface area contributed by atoms with E-state index < -0.39 is 0 Å². The Kier molecular flexibility index (Phi) is 6.72. The van der Waals surface area contributed by atoms with Crippen molar-refractivity contribution in [1.82, 2.24) is 24.5 Å². The maximum Gasteiger partial charge on any atom is 0.299 e. The van der Waals surface area contributed by atoms with Crippen molar-refractivity contribution in [3.63, 3.8) is 0 Å². The van der Waals surface area contributed by atoms with Gasteiger partial charge in [-0.05, 0) is 43.9 Å². The normalized spacial score (nSPS) is 16.5. The molecule has 186 valence electrons. The molecule has 0 spiro atoms. The van der Waals surface area contributed by atoms with Crippen LogP contribution in [0.15, 0.2) is 16.9 Å². The van der Waals surface area contributed by atoms with E-state index in [4.69, 9.17) is 9.72 Å². The van der Waals surface area contributed by atoms with Crippen molar-refractivity contribution in [3.05, 3.63) is 44.5 Å². The largest absolute Gasteiger partial charge is 0.377 e. The van der Waals surface area contributed by atoms with Crippen LogP contribution in [0.3, 0.4) is 0 Å². The van der Waals surface area contributed by atoms with Gasteiger partial charge in [0.05, 0.1) is 23.9 Å². The zero-order chi connectivity index (χ0) is 24.5. The number of hydrogen-bond donors (Lipinski definition) is 2. The van der Waals surface area contributed by atoms with E-state index >= 15 is 0 Å². The Bertz CT molecular complexity index is 1350. The number of hydrogen-bond acceptors (Lipinski definition) is 8. The second-order valence-electron chi connectivity index (χ2n) is 8.90. The van der Waals surface area contributed by atoms with Crippen LogP contribution in [0.4, 0.5) is 10.7 Å². The van der Waals surface area contributed by atoms with E-state index in [1.54, 1.807) is 11.3 Å². The van der Waals surface area contributed by atoms with E-state index in [9.17, 15) is 9.59 Å². The highest BCUT2D eigenvalue weighted by Crippen LogP contribution is 2.27. The first-order chi connectivity index (χ1) is 17.0. The summed E-state index contributed by atoms with van der Waals surface area (Å²) in [5, 5.41) is 11.8. The number of nitrogens with zero attached hydrogens (tertiary/aromatic N) is 5. The number of amides is 1. The summed E-state index contributed by atoms with van der Waals surface area (Å²) in [5.41, 5.74) is 3.22.